The summed E-state index contributed by atoms with van der Waals surface area (Å²) < 4.78 is 12.9. The third-order valence-electron chi connectivity index (χ3n) is 14.7. The SMILES string of the molecule is O=C1C2CCCC3OC4OC5(CO)CCC(CC6CCNC(C6)NCSSCC6(C(=O)C32)C(O)=CC(CC2CCCC(CO)C2)=CC16)C(O)(C4O)C5O. The number of aliphatic hydroxyl groups excluding tert-OH is 5. The molecule has 3 saturated heterocycles. The largest absolute Gasteiger partial charge is 0.511 e. The molecule has 4 saturated carbocycles. The van der Waals surface area contributed by atoms with Gasteiger partial charge >= 0.3 is 0 Å². The zero-order chi connectivity index (χ0) is 37.1. The molecule has 12 nitrogen and oxygen atoms in total. The molecule has 0 radical (unpaired) electrons. The Morgan fingerprint density at radius 3 is 2.57 bits per heavy atom. The summed E-state index contributed by atoms with van der Waals surface area (Å²) in [6.07, 6.45) is 7.21. The molecule has 1 spiro atoms. The Hall–Kier alpha value is -1.04. The fourth-order valence-electron chi connectivity index (χ4n) is 11.8. The van der Waals surface area contributed by atoms with Crippen LogP contribution in [0.5, 0.6) is 0 Å². The molecule has 0 amide bonds. The number of allylic oxidation sites excluding steroid dienone is 4. The third kappa shape index (κ3) is 6.61. The molecular formula is C39H58N2O10S2. The number of Topliss-reactive ketones (excluding diaryl/α,β-unsaturated/α-hetero) is 2. The van der Waals surface area contributed by atoms with Crippen molar-refractivity contribution in [3.05, 3.63) is 23.5 Å². The van der Waals surface area contributed by atoms with E-state index >= 15 is 4.79 Å². The summed E-state index contributed by atoms with van der Waals surface area (Å²) in [6, 6.07) is 0. The molecule has 14 heteroatoms. The lowest BCUT2D eigenvalue weighted by Gasteiger charge is -2.61. The van der Waals surface area contributed by atoms with Gasteiger partial charge in [0.2, 0.25) is 0 Å². The smallest absolute Gasteiger partial charge is 0.187 e. The van der Waals surface area contributed by atoms with E-state index in [9.17, 15) is 35.4 Å². The van der Waals surface area contributed by atoms with E-state index in [0.29, 0.717) is 50.3 Å². The molecule has 7 fully saturated rings. The lowest BCUT2D eigenvalue weighted by atomic mass is 9.52. The molecule has 15 unspecified atom stereocenters. The van der Waals surface area contributed by atoms with Crippen LogP contribution in [0.4, 0.5) is 0 Å². The van der Waals surface area contributed by atoms with Gasteiger partial charge in [0, 0.05) is 18.3 Å². The van der Waals surface area contributed by atoms with E-state index in [2.05, 4.69) is 10.6 Å². The summed E-state index contributed by atoms with van der Waals surface area (Å²) in [5.74, 6) is -1.75. The minimum absolute atomic E-state index is 0.00219. The predicted octanol–water partition coefficient (Wildman–Crippen LogP) is 2.72. The van der Waals surface area contributed by atoms with Gasteiger partial charge in [-0.25, -0.2) is 0 Å². The number of carbonyl (C=O) groups excluding carboxylic acids is 2. The molecular weight excluding hydrogens is 721 g/mol. The maximum atomic E-state index is 15.2. The van der Waals surface area contributed by atoms with E-state index in [1.165, 1.54) is 10.8 Å². The number of hydrogen-bond acceptors (Lipinski definition) is 14. The van der Waals surface area contributed by atoms with Gasteiger partial charge in [-0.05, 0) is 106 Å². The Kier molecular flexibility index (Phi) is 11.3. The van der Waals surface area contributed by atoms with Crippen molar-refractivity contribution in [3.63, 3.8) is 0 Å². The first-order valence-electron chi connectivity index (χ1n) is 20.1. The molecule has 15 atom stereocenters. The quantitative estimate of drug-likeness (QED) is 0.194. The average Bonchev–Trinajstić information content (AvgIpc) is 3.16. The molecule has 0 aromatic rings. The van der Waals surface area contributed by atoms with Gasteiger partial charge in [-0.1, -0.05) is 46.9 Å². The molecule has 8 N–H and O–H groups in total. The van der Waals surface area contributed by atoms with E-state index in [-0.39, 0.29) is 54.1 Å². The van der Waals surface area contributed by atoms with Crippen molar-refractivity contribution in [1.29, 1.82) is 0 Å². The van der Waals surface area contributed by atoms with Gasteiger partial charge in [0.25, 0.3) is 0 Å². The lowest BCUT2D eigenvalue weighted by Crippen LogP contribution is -2.78. The molecule has 5 aliphatic carbocycles. The Morgan fingerprint density at radius 2 is 1.75 bits per heavy atom. The van der Waals surface area contributed by atoms with Crippen molar-refractivity contribution in [3.8, 4) is 0 Å². The fraction of sp³-hybridized carbons (Fsp3) is 0.846. The first-order chi connectivity index (χ1) is 25.5. The summed E-state index contributed by atoms with van der Waals surface area (Å²) in [4.78, 5) is 30.0. The Balaban J connectivity index is 1.14. The van der Waals surface area contributed by atoms with Crippen molar-refractivity contribution in [2.45, 2.75) is 125 Å². The summed E-state index contributed by atoms with van der Waals surface area (Å²) in [7, 11) is 3.04. The van der Waals surface area contributed by atoms with Gasteiger partial charge in [-0.15, -0.1) is 0 Å². The van der Waals surface area contributed by atoms with Gasteiger partial charge in [-0.2, -0.15) is 0 Å². The number of fused-ring (bicyclic) bond motifs is 4. The molecule has 8 rings (SSSR count). The van der Waals surface area contributed by atoms with Crippen LogP contribution >= 0.6 is 21.6 Å². The van der Waals surface area contributed by atoms with Gasteiger partial charge in [0.1, 0.15) is 40.4 Å². The monoisotopic (exact) mass is 778 g/mol. The highest BCUT2D eigenvalue weighted by Gasteiger charge is 2.69. The summed E-state index contributed by atoms with van der Waals surface area (Å²) in [5.41, 5.74) is -4.21. The molecule has 53 heavy (non-hydrogen) atoms. The second kappa shape index (κ2) is 15.4. The number of ketones is 2. The summed E-state index contributed by atoms with van der Waals surface area (Å²) in [6.45, 7) is 0.345. The maximum Gasteiger partial charge on any atom is 0.187 e. The van der Waals surface area contributed by atoms with E-state index in [4.69, 9.17) is 9.47 Å². The Morgan fingerprint density at radius 1 is 0.943 bits per heavy atom. The van der Waals surface area contributed by atoms with Gasteiger partial charge < -0.3 is 45.4 Å². The Bertz CT molecular complexity index is 1470. The highest BCUT2D eigenvalue weighted by atomic mass is 33.1. The normalized spacial score (nSPS) is 49.2. The standard InChI is InChI=1S/C39H58N2O10S2/c42-17-23-4-1-3-21(11-23)12-24-14-27-32(45)26-5-2-6-28-31(26)33(46)38(27,29(44)15-24)19-52-53-20-41-30-16-22(8-10-40-30)13-25-7-9-37(18-43)36(48)39(25,49)34(47)35(50-28)51-37/h14-15,21-23,25-28,30-31,34-36,40-44,47-49H,1-13,16-20H2. The van der Waals surface area contributed by atoms with Crippen molar-refractivity contribution >= 4 is 33.2 Å². The number of carbonyl (C=O) groups is 2. The van der Waals surface area contributed by atoms with Crippen LogP contribution < -0.4 is 10.6 Å². The predicted molar refractivity (Wildman–Crippen MR) is 199 cm³/mol. The minimum atomic E-state index is -2.02. The van der Waals surface area contributed by atoms with Crippen molar-refractivity contribution in [2.75, 3.05) is 31.4 Å². The molecule has 0 aromatic carbocycles. The molecule has 3 heterocycles. The third-order valence-corrected chi connectivity index (χ3v) is 16.9. The Labute approximate surface area is 319 Å². The molecule has 0 aromatic heterocycles. The van der Waals surface area contributed by atoms with Gasteiger partial charge in [0.15, 0.2) is 12.1 Å². The highest BCUT2D eigenvalue weighted by Crippen LogP contribution is 2.57. The van der Waals surface area contributed by atoms with Crippen molar-refractivity contribution < 1.29 is 49.7 Å². The summed E-state index contributed by atoms with van der Waals surface area (Å²) >= 11 is 0. The minimum Gasteiger partial charge on any atom is -0.511 e. The van der Waals surface area contributed by atoms with Gasteiger partial charge in [-0.3, -0.25) is 14.9 Å². The van der Waals surface area contributed by atoms with Crippen LogP contribution in [0.1, 0.15) is 83.5 Å². The fourth-order valence-corrected chi connectivity index (χ4v) is 14.1. The first kappa shape index (κ1) is 38.8. The second-order valence-corrected chi connectivity index (χ2v) is 20.0. The zero-order valence-electron chi connectivity index (χ0n) is 30.4. The molecule has 7 bridgehead atoms. The van der Waals surface area contributed by atoms with Crippen molar-refractivity contribution in [1.82, 2.24) is 10.6 Å². The zero-order valence-corrected chi connectivity index (χ0v) is 32.1. The number of aliphatic hydroxyl groups is 6. The van der Waals surface area contributed by atoms with Crippen LogP contribution in [0.2, 0.25) is 0 Å². The van der Waals surface area contributed by atoms with Crippen LogP contribution in [-0.4, -0.2) is 116 Å². The van der Waals surface area contributed by atoms with Crippen LogP contribution in [-0.2, 0) is 19.1 Å². The first-order valence-corrected chi connectivity index (χ1v) is 22.6. The van der Waals surface area contributed by atoms with E-state index in [0.717, 1.165) is 50.6 Å². The van der Waals surface area contributed by atoms with Gasteiger partial charge in [0.05, 0.1) is 36.6 Å². The topological polar surface area (TPSA) is 198 Å². The average molecular weight is 779 g/mol. The van der Waals surface area contributed by atoms with E-state index in [1.54, 1.807) is 16.9 Å². The van der Waals surface area contributed by atoms with Crippen LogP contribution in [0, 0.1) is 46.8 Å². The number of ether oxygens (including phenoxy) is 2. The summed E-state index contributed by atoms with van der Waals surface area (Å²) in [5, 5.41) is 75.6. The number of piperidine rings is 1. The van der Waals surface area contributed by atoms with E-state index < -0.39 is 71.5 Å². The number of nitrogens with one attached hydrogen (secondary N) is 2. The second-order valence-electron chi connectivity index (χ2n) is 17.6. The molecule has 8 aliphatic rings. The van der Waals surface area contributed by atoms with Crippen LogP contribution in [0.15, 0.2) is 23.5 Å². The van der Waals surface area contributed by atoms with Crippen LogP contribution in [0.3, 0.4) is 0 Å². The number of hydrogen-bond donors (Lipinski definition) is 8. The highest BCUT2D eigenvalue weighted by molar-refractivity contribution is 8.76. The molecule has 3 aliphatic heterocycles. The molecule has 296 valence electrons. The lowest BCUT2D eigenvalue weighted by molar-refractivity contribution is -0.398. The van der Waals surface area contributed by atoms with E-state index in [1.807, 2.05) is 6.08 Å². The number of rotatable bonds is 4. The van der Waals surface area contributed by atoms with Crippen LogP contribution in [0.25, 0.3) is 0 Å². The maximum absolute atomic E-state index is 15.2. The van der Waals surface area contributed by atoms with Crippen molar-refractivity contribution in [2.24, 2.45) is 46.8 Å².